The highest BCUT2D eigenvalue weighted by Gasteiger charge is 2.41. The fraction of sp³-hybridized carbons (Fsp3) is 0.636. The van der Waals surface area contributed by atoms with Crippen LogP contribution in [0.4, 0.5) is 0 Å². The van der Waals surface area contributed by atoms with Gasteiger partial charge in [0.25, 0.3) is 0 Å². The molecule has 0 bridgehead atoms. The molecule has 0 unspecified atom stereocenters. The Kier molecular flexibility index (Phi) is 6.53. The van der Waals surface area contributed by atoms with Crippen LogP contribution in [0.25, 0.3) is 0 Å². The van der Waals surface area contributed by atoms with Crippen molar-refractivity contribution >= 4 is 11.8 Å². The van der Waals surface area contributed by atoms with E-state index >= 15 is 0 Å². The summed E-state index contributed by atoms with van der Waals surface area (Å²) in [5.41, 5.74) is 2.62. The first-order valence-electron chi connectivity index (χ1n) is 10.2. The number of hydrogen-bond acceptors (Lipinski definition) is 3. The van der Waals surface area contributed by atoms with Gasteiger partial charge in [0.1, 0.15) is 0 Å². The number of rotatable bonds is 6. The van der Waals surface area contributed by atoms with E-state index in [1.807, 2.05) is 9.80 Å². The zero-order valence-electron chi connectivity index (χ0n) is 16.5. The van der Waals surface area contributed by atoms with Crippen molar-refractivity contribution in [1.82, 2.24) is 9.80 Å². The van der Waals surface area contributed by atoms with E-state index in [4.69, 9.17) is 5.11 Å². The van der Waals surface area contributed by atoms with Gasteiger partial charge in [-0.05, 0) is 50.0 Å². The maximum absolute atomic E-state index is 12.6. The number of amides is 2. The molecule has 5 heteroatoms. The second-order valence-corrected chi connectivity index (χ2v) is 8.26. The molecular weight excluding hydrogens is 340 g/mol. The average molecular weight is 373 g/mol. The van der Waals surface area contributed by atoms with Gasteiger partial charge in [-0.15, -0.1) is 0 Å². The number of piperidine rings is 2. The Morgan fingerprint density at radius 2 is 1.85 bits per heavy atom. The minimum absolute atomic E-state index is 0.125. The first kappa shape index (κ1) is 19.9. The van der Waals surface area contributed by atoms with E-state index in [9.17, 15) is 9.59 Å². The average Bonchev–Trinajstić information content (AvgIpc) is 2.69. The van der Waals surface area contributed by atoms with Gasteiger partial charge in [0.2, 0.25) is 11.8 Å². The molecule has 2 heterocycles. The highest BCUT2D eigenvalue weighted by Crippen LogP contribution is 2.40. The maximum Gasteiger partial charge on any atom is 0.222 e. The molecule has 2 aliphatic rings. The zero-order chi connectivity index (χ0) is 19.3. The van der Waals surface area contributed by atoms with Gasteiger partial charge in [-0.3, -0.25) is 9.59 Å². The molecule has 0 aliphatic carbocycles. The predicted octanol–water partition coefficient (Wildman–Crippen LogP) is 2.54. The number of benzene rings is 1. The number of aryl methyl sites for hydroxylation is 2. The number of carbonyl (C=O) groups is 2. The van der Waals surface area contributed by atoms with Gasteiger partial charge in [-0.1, -0.05) is 29.8 Å². The van der Waals surface area contributed by atoms with Gasteiger partial charge in [0, 0.05) is 45.6 Å². The monoisotopic (exact) mass is 372 g/mol. The molecule has 5 nitrogen and oxygen atoms in total. The molecule has 3 rings (SSSR count). The lowest BCUT2D eigenvalue weighted by atomic mass is 9.72. The fourth-order valence-electron chi connectivity index (χ4n) is 4.37. The van der Waals surface area contributed by atoms with Gasteiger partial charge in [-0.2, -0.15) is 0 Å². The molecule has 0 aromatic heterocycles. The van der Waals surface area contributed by atoms with Gasteiger partial charge >= 0.3 is 0 Å². The normalized spacial score (nSPS) is 19.6. The fourth-order valence-corrected chi connectivity index (χ4v) is 4.37. The van der Waals surface area contributed by atoms with Crippen LogP contribution in [0.3, 0.4) is 0 Å². The molecule has 0 atom stereocenters. The summed E-state index contributed by atoms with van der Waals surface area (Å²) >= 11 is 0. The van der Waals surface area contributed by atoms with Crippen LogP contribution >= 0.6 is 0 Å². The lowest BCUT2D eigenvalue weighted by Gasteiger charge is -2.47. The van der Waals surface area contributed by atoms with E-state index in [2.05, 4.69) is 31.2 Å². The standard InChI is InChI=1S/C22H32N2O3/c1-18-3-5-19(6-4-18)7-8-20(26)23-14-11-22(12-15-23)10-9-21(27)24(17-22)13-2-16-25/h3-6,25H,2,7-17H2,1H3. The number of aliphatic hydroxyl groups is 1. The van der Waals surface area contributed by atoms with E-state index in [0.717, 1.165) is 45.3 Å². The van der Waals surface area contributed by atoms with Crippen LogP contribution in [-0.2, 0) is 16.0 Å². The predicted molar refractivity (Wildman–Crippen MR) is 105 cm³/mol. The SMILES string of the molecule is Cc1ccc(CCC(=O)N2CCC3(CCC(=O)N(CCCO)C3)CC2)cc1. The Bertz CT molecular complexity index is 648. The van der Waals surface area contributed by atoms with Crippen molar-refractivity contribution in [3.8, 4) is 0 Å². The maximum atomic E-state index is 12.6. The van der Waals surface area contributed by atoms with E-state index in [1.54, 1.807) is 0 Å². The largest absolute Gasteiger partial charge is 0.396 e. The Morgan fingerprint density at radius 3 is 2.52 bits per heavy atom. The molecule has 1 N–H and O–H groups in total. The highest BCUT2D eigenvalue weighted by atomic mass is 16.3. The quantitative estimate of drug-likeness (QED) is 0.835. The number of aliphatic hydroxyl groups excluding tert-OH is 1. The molecule has 2 fully saturated rings. The number of carbonyl (C=O) groups excluding carboxylic acids is 2. The summed E-state index contributed by atoms with van der Waals surface area (Å²) in [6, 6.07) is 8.40. The minimum atomic E-state index is 0.125. The molecule has 2 aliphatic heterocycles. The summed E-state index contributed by atoms with van der Waals surface area (Å²) in [6.45, 7) is 5.24. The second kappa shape index (κ2) is 8.87. The van der Waals surface area contributed by atoms with E-state index in [0.29, 0.717) is 25.8 Å². The van der Waals surface area contributed by atoms with Gasteiger partial charge in [-0.25, -0.2) is 0 Å². The third-order valence-corrected chi connectivity index (χ3v) is 6.26. The Balaban J connectivity index is 1.48. The number of nitrogens with zero attached hydrogens (tertiary/aromatic N) is 2. The summed E-state index contributed by atoms with van der Waals surface area (Å²) in [5, 5.41) is 9.05. The molecule has 27 heavy (non-hydrogen) atoms. The first-order valence-corrected chi connectivity index (χ1v) is 10.2. The van der Waals surface area contributed by atoms with Gasteiger partial charge < -0.3 is 14.9 Å². The molecule has 1 spiro atoms. The lowest BCUT2D eigenvalue weighted by Crippen LogP contribution is -2.52. The molecule has 1 aromatic carbocycles. The Morgan fingerprint density at radius 1 is 1.15 bits per heavy atom. The van der Waals surface area contributed by atoms with Gasteiger partial charge in [0.05, 0.1) is 0 Å². The van der Waals surface area contributed by atoms with Crippen molar-refractivity contribution in [1.29, 1.82) is 0 Å². The second-order valence-electron chi connectivity index (χ2n) is 8.26. The van der Waals surface area contributed by atoms with Crippen molar-refractivity contribution in [2.45, 2.75) is 51.9 Å². The van der Waals surface area contributed by atoms with E-state index < -0.39 is 0 Å². The molecule has 2 saturated heterocycles. The summed E-state index contributed by atoms with van der Waals surface area (Å²) in [4.78, 5) is 28.7. The van der Waals surface area contributed by atoms with E-state index in [1.165, 1.54) is 11.1 Å². The third-order valence-electron chi connectivity index (χ3n) is 6.26. The summed E-state index contributed by atoms with van der Waals surface area (Å²) in [5.74, 6) is 0.458. The van der Waals surface area contributed by atoms with Crippen molar-refractivity contribution in [2.75, 3.05) is 32.8 Å². The zero-order valence-corrected chi connectivity index (χ0v) is 16.5. The van der Waals surface area contributed by atoms with Crippen molar-refractivity contribution in [3.63, 3.8) is 0 Å². The van der Waals surface area contributed by atoms with Crippen molar-refractivity contribution in [3.05, 3.63) is 35.4 Å². The number of hydrogen-bond donors (Lipinski definition) is 1. The topological polar surface area (TPSA) is 60.9 Å². The molecular formula is C22H32N2O3. The molecule has 0 radical (unpaired) electrons. The summed E-state index contributed by atoms with van der Waals surface area (Å²) in [6.07, 6.45) is 5.50. The lowest BCUT2D eigenvalue weighted by molar-refractivity contribution is -0.142. The van der Waals surface area contributed by atoms with E-state index in [-0.39, 0.29) is 23.8 Å². The molecule has 1 aromatic rings. The molecule has 2 amide bonds. The summed E-state index contributed by atoms with van der Waals surface area (Å²) in [7, 11) is 0. The molecule has 0 saturated carbocycles. The van der Waals surface area contributed by atoms with Crippen LogP contribution in [-0.4, -0.2) is 59.5 Å². The van der Waals surface area contributed by atoms with Crippen LogP contribution < -0.4 is 0 Å². The Hall–Kier alpha value is -1.88. The first-order chi connectivity index (χ1) is 13.0. The highest BCUT2D eigenvalue weighted by molar-refractivity contribution is 5.78. The minimum Gasteiger partial charge on any atom is -0.396 e. The summed E-state index contributed by atoms with van der Waals surface area (Å²) < 4.78 is 0. The van der Waals surface area contributed by atoms with Crippen molar-refractivity contribution in [2.24, 2.45) is 5.41 Å². The van der Waals surface area contributed by atoms with Crippen LogP contribution in [0.15, 0.2) is 24.3 Å². The molecule has 148 valence electrons. The van der Waals surface area contributed by atoms with Gasteiger partial charge in [0.15, 0.2) is 0 Å². The third kappa shape index (κ3) is 5.10. The van der Waals surface area contributed by atoms with Crippen LogP contribution in [0.2, 0.25) is 0 Å². The smallest absolute Gasteiger partial charge is 0.222 e. The van der Waals surface area contributed by atoms with Crippen molar-refractivity contribution < 1.29 is 14.7 Å². The van der Waals surface area contributed by atoms with Crippen LogP contribution in [0.1, 0.15) is 49.7 Å². The Labute approximate surface area is 162 Å². The number of likely N-dealkylation sites (tertiary alicyclic amines) is 2. The van der Waals surface area contributed by atoms with Crippen LogP contribution in [0.5, 0.6) is 0 Å². The van der Waals surface area contributed by atoms with Crippen LogP contribution in [0, 0.1) is 12.3 Å².